The Labute approximate surface area is 88.2 Å². The molecule has 0 saturated carbocycles. The molecule has 0 aliphatic rings. The lowest BCUT2D eigenvalue weighted by molar-refractivity contribution is 0.480. The molecule has 0 aromatic heterocycles. The lowest BCUT2D eigenvalue weighted by atomic mass is 10.2. The molecule has 2 atom stereocenters. The third-order valence-electron chi connectivity index (χ3n) is 2.65. The zero-order valence-electron chi connectivity index (χ0n) is 9.87. The highest BCUT2D eigenvalue weighted by molar-refractivity contribution is 7.92. The zero-order valence-corrected chi connectivity index (χ0v) is 10.7. The Bertz CT molecular complexity index is 247. The highest BCUT2D eigenvalue weighted by Gasteiger charge is 2.30. The highest BCUT2D eigenvalue weighted by Crippen LogP contribution is 2.14. The maximum atomic E-state index is 11.9. The van der Waals surface area contributed by atoms with Crippen molar-refractivity contribution >= 4 is 9.84 Å². The molecule has 0 spiro atoms. The first-order valence-electron chi connectivity index (χ1n) is 5.33. The molecule has 1 N–H and O–H groups in total. The second-order valence-electron chi connectivity index (χ2n) is 3.92. The standard InChI is InChI=1S/C10H23NO2S/c1-6-10(11-7-2)9(5)14(12,13)8(3)4/h8-11H,6-7H2,1-5H3. The predicted molar refractivity (Wildman–Crippen MR) is 61.3 cm³/mol. The Hall–Kier alpha value is -0.0900. The van der Waals surface area contributed by atoms with E-state index in [-0.39, 0.29) is 16.5 Å². The molecule has 0 aliphatic heterocycles. The van der Waals surface area contributed by atoms with Crippen molar-refractivity contribution in [2.75, 3.05) is 6.54 Å². The van der Waals surface area contributed by atoms with Crippen LogP contribution in [-0.2, 0) is 9.84 Å². The van der Waals surface area contributed by atoms with Gasteiger partial charge < -0.3 is 5.32 Å². The van der Waals surface area contributed by atoms with Crippen molar-refractivity contribution in [1.29, 1.82) is 0 Å². The molecular formula is C10H23NO2S. The van der Waals surface area contributed by atoms with Crippen molar-refractivity contribution in [1.82, 2.24) is 5.32 Å². The van der Waals surface area contributed by atoms with Gasteiger partial charge in [0.1, 0.15) is 0 Å². The van der Waals surface area contributed by atoms with Crippen LogP contribution in [0.15, 0.2) is 0 Å². The van der Waals surface area contributed by atoms with Gasteiger partial charge in [-0.1, -0.05) is 13.8 Å². The van der Waals surface area contributed by atoms with Crippen molar-refractivity contribution in [2.24, 2.45) is 0 Å². The highest BCUT2D eigenvalue weighted by atomic mass is 32.2. The molecule has 0 saturated heterocycles. The van der Waals surface area contributed by atoms with E-state index in [1.807, 2.05) is 13.8 Å². The number of sulfone groups is 1. The monoisotopic (exact) mass is 221 g/mol. The smallest absolute Gasteiger partial charge is 0.156 e. The molecule has 0 amide bonds. The van der Waals surface area contributed by atoms with Gasteiger partial charge in [0.05, 0.1) is 10.5 Å². The van der Waals surface area contributed by atoms with Crippen LogP contribution in [-0.4, -0.2) is 31.5 Å². The normalized spacial score (nSPS) is 17.0. The molecule has 0 heterocycles. The summed E-state index contributed by atoms with van der Waals surface area (Å²) in [5.74, 6) is 0. The number of rotatable bonds is 6. The van der Waals surface area contributed by atoms with Crippen molar-refractivity contribution in [3.8, 4) is 0 Å². The van der Waals surface area contributed by atoms with Crippen LogP contribution in [0.4, 0.5) is 0 Å². The summed E-state index contributed by atoms with van der Waals surface area (Å²) in [7, 11) is -2.97. The summed E-state index contributed by atoms with van der Waals surface area (Å²) < 4.78 is 23.7. The first kappa shape index (κ1) is 13.9. The van der Waals surface area contributed by atoms with E-state index < -0.39 is 9.84 Å². The maximum Gasteiger partial charge on any atom is 0.156 e. The van der Waals surface area contributed by atoms with Gasteiger partial charge in [-0.05, 0) is 33.7 Å². The van der Waals surface area contributed by atoms with E-state index in [1.54, 1.807) is 20.8 Å². The Morgan fingerprint density at radius 2 is 1.64 bits per heavy atom. The van der Waals surface area contributed by atoms with Crippen molar-refractivity contribution in [3.63, 3.8) is 0 Å². The minimum atomic E-state index is -2.97. The van der Waals surface area contributed by atoms with Crippen molar-refractivity contribution in [3.05, 3.63) is 0 Å². The Morgan fingerprint density at radius 1 is 1.14 bits per heavy atom. The van der Waals surface area contributed by atoms with E-state index in [2.05, 4.69) is 5.32 Å². The van der Waals surface area contributed by atoms with E-state index >= 15 is 0 Å². The molecule has 0 aliphatic carbocycles. The average Bonchev–Trinajstić information content (AvgIpc) is 2.12. The van der Waals surface area contributed by atoms with Crippen molar-refractivity contribution in [2.45, 2.75) is 57.6 Å². The minimum absolute atomic E-state index is 0.0763. The van der Waals surface area contributed by atoms with E-state index in [1.165, 1.54) is 0 Å². The van der Waals surface area contributed by atoms with Crippen LogP contribution >= 0.6 is 0 Å². The fourth-order valence-electron chi connectivity index (χ4n) is 1.56. The number of nitrogens with one attached hydrogen (secondary N) is 1. The molecule has 86 valence electrons. The van der Waals surface area contributed by atoms with Crippen LogP contribution < -0.4 is 5.32 Å². The number of hydrogen-bond acceptors (Lipinski definition) is 3. The third kappa shape index (κ3) is 3.24. The van der Waals surface area contributed by atoms with Gasteiger partial charge in [0, 0.05) is 6.04 Å². The van der Waals surface area contributed by atoms with Gasteiger partial charge in [0.15, 0.2) is 9.84 Å². The van der Waals surface area contributed by atoms with Crippen LogP contribution in [0.1, 0.15) is 41.0 Å². The zero-order chi connectivity index (χ0) is 11.4. The van der Waals surface area contributed by atoms with Gasteiger partial charge >= 0.3 is 0 Å². The molecule has 2 unspecified atom stereocenters. The molecule has 14 heavy (non-hydrogen) atoms. The molecule has 0 radical (unpaired) electrons. The summed E-state index contributed by atoms with van der Waals surface area (Å²) in [6, 6.07) is 0.0763. The summed E-state index contributed by atoms with van der Waals surface area (Å²) in [5.41, 5.74) is 0. The molecule has 4 heteroatoms. The van der Waals surface area contributed by atoms with Crippen molar-refractivity contribution < 1.29 is 8.42 Å². The molecular weight excluding hydrogens is 198 g/mol. The van der Waals surface area contributed by atoms with Gasteiger partial charge in [0.25, 0.3) is 0 Å². The summed E-state index contributed by atoms with van der Waals surface area (Å²) in [4.78, 5) is 0. The SMILES string of the molecule is CCNC(CC)C(C)S(=O)(=O)C(C)C. The molecule has 0 fully saturated rings. The second-order valence-corrected chi connectivity index (χ2v) is 6.78. The molecule has 0 aromatic carbocycles. The predicted octanol–water partition coefficient (Wildman–Crippen LogP) is 1.59. The van der Waals surface area contributed by atoms with E-state index in [9.17, 15) is 8.42 Å². The van der Waals surface area contributed by atoms with Gasteiger partial charge in [-0.3, -0.25) is 0 Å². The van der Waals surface area contributed by atoms with Crippen LogP contribution in [0, 0.1) is 0 Å². The Kier molecular flexibility index (Phi) is 5.67. The Balaban J connectivity index is 4.65. The molecule has 3 nitrogen and oxygen atoms in total. The minimum Gasteiger partial charge on any atom is -0.313 e. The van der Waals surface area contributed by atoms with E-state index in [0.29, 0.717) is 0 Å². The third-order valence-corrected chi connectivity index (χ3v) is 5.33. The fourth-order valence-corrected chi connectivity index (χ4v) is 3.17. The summed E-state index contributed by atoms with van der Waals surface area (Å²) >= 11 is 0. The van der Waals surface area contributed by atoms with Crippen LogP contribution in [0.25, 0.3) is 0 Å². The van der Waals surface area contributed by atoms with Crippen LogP contribution in [0.5, 0.6) is 0 Å². The summed E-state index contributed by atoms with van der Waals surface area (Å²) in [6.07, 6.45) is 0.848. The molecule has 0 aromatic rings. The quantitative estimate of drug-likeness (QED) is 0.741. The van der Waals surface area contributed by atoms with E-state index in [4.69, 9.17) is 0 Å². The van der Waals surface area contributed by atoms with Gasteiger partial charge in [-0.25, -0.2) is 8.42 Å². The average molecular weight is 221 g/mol. The molecule has 0 bridgehead atoms. The summed E-state index contributed by atoms with van der Waals surface area (Å²) in [5, 5.41) is 2.63. The van der Waals surface area contributed by atoms with Crippen LogP contribution in [0.2, 0.25) is 0 Å². The lowest BCUT2D eigenvalue weighted by Gasteiger charge is -2.25. The first-order chi connectivity index (χ1) is 6.37. The largest absolute Gasteiger partial charge is 0.313 e. The fraction of sp³-hybridized carbons (Fsp3) is 1.00. The first-order valence-corrected chi connectivity index (χ1v) is 6.94. The van der Waals surface area contributed by atoms with E-state index in [0.717, 1.165) is 13.0 Å². The second kappa shape index (κ2) is 5.71. The van der Waals surface area contributed by atoms with Crippen LogP contribution in [0.3, 0.4) is 0 Å². The lowest BCUT2D eigenvalue weighted by Crippen LogP contribution is -2.44. The molecule has 0 rings (SSSR count). The number of hydrogen-bond donors (Lipinski definition) is 1. The van der Waals surface area contributed by atoms with Gasteiger partial charge in [-0.2, -0.15) is 0 Å². The summed E-state index contributed by atoms with van der Waals surface area (Å²) in [6.45, 7) is 10.1. The maximum absolute atomic E-state index is 11.9. The Morgan fingerprint density at radius 3 is 1.93 bits per heavy atom. The van der Waals surface area contributed by atoms with Gasteiger partial charge in [-0.15, -0.1) is 0 Å². The topological polar surface area (TPSA) is 46.2 Å². The van der Waals surface area contributed by atoms with Gasteiger partial charge in [0.2, 0.25) is 0 Å².